The van der Waals surface area contributed by atoms with Gasteiger partial charge in [0.05, 0.1) is 5.69 Å². The van der Waals surface area contributed by atoms with E-state index in [0.717, 1.165) is 11.3 Å². The van der Waals surface area contributed by atoms with E-state index in [2.05, 4.69) is 67.9 Å². The lowest BCUT2D eigenvalue weighted by molar-refractivity contribution is 1.39. The van der Waals surface area contributed by atoms with Crippen LogP contribution in [-0.4, -0.2) is 59.9 Å². The zero-order valence-corrected chi connectivity index (χ0v) is 14.0. The van der Waals surface area contributed by atoms with E-state index >= 15 is 0 Å². The minimum Gasteiger partial charge on any atom is -0.265 e. The van der Waals surface area contributed by atoms with Gasteiger partial charge in [-0.25, -0.2) is 0 Å². The number of nitrogens with zero attached hydrogens (tertiary/aromatic N) is 1. The van der Waals surface area contributed by atoms with Gasteiger partial charge in [-0.05, 0) is 18.1 Å². The fourth-order valence-electron chi connectivity index (χ4n) is 2.79. The highest BCUT2D eigenvalue weighted by Crippen LogP contribution is 2.08. The molecule has 0 unspecified atom stereocenters. The van der Waals surface area contributed by atoms with Gasteiger partial charge in [0.25, 0.3) is 0 Å². The average molecular weight is 252 g/mol. The van der Waals surface area contributed by atoms with Gasteiger partial charge in [-0.2, -0.15) is 0 Å². The number of hydrogen-bond acceptors (Lipinski definition) is 1. The molecule has 92 valence electrons. The van der Waals surface area contributed by atoms with Crippen LogP contribution in [0.25, 0.3) is 11.3 Å². The van der Waals surface area contributed by atoms with E-state index in [9.17, 15) is 0 Å². The standard InChI is InChI=1S/C12H18B7N/c1-3-6(14)11(20-12(19)7(3)15)4-2-5(13)9(17)10(18)8(4)16/h2H,13-19H2,1H3. The molecule has 1 nitrogen and oxygen atoms in total. The maximum atomic E-state index is 4.88. The van der Waals surface area contributed by atoms with Gasteiger partial charge < -0.3 is 0 Å². The van der Waals surface area contributed by atoms with Crippen molar-refractivity contribution in [3.8, 4) is 11.3 Å². The molecule has 0 amide bonds. The first-order chi connectivity index (χ1) is 9.25. The summed E-state index contributed by atoms with van der Waals surface area (Å²) in [6.07, 6.45) is 0. The molecule has 2 rings (SSSR count). The molecule has 1 aromatic heterocycles. The third kappa shape index (κ3) is 2.30. The summed E-state index contributed by atoms with van der Waals surface area (Å²) in [5.74, 6) is 0. The zero-order valence-electron chi connectivity index (χ0n) is 14.0. The molecule has 0 bridgehead atoms. The fourth-order valence-corrected chi connectivity index (χ4v) is 2.79. The Hall–Kier alpha value is -1.18. The molecular weight excluding hydrogens is 234 g/mol. The van der Waals surface area contributed by atoms with Crippen LogP contribution in [0.2, 0.25) is 0 Å². The van der Waals surface area contributed by atoms with Crippen molar-refractivity contribution in [2.24, 2.45) is 0 Å². The molecule has 1 aromatic carbocycles. The van der Waals surface area contributed by atoms with Crippen molar-refractivity contribution in [2.45, 2.75) is 6.92 Å². The molecule has 2 aromatic rings. The molecule has 0 fully saturated rings. The summed E-state index contributed by atoms with van der Waals surface area (Å²) in [5.41, 5.74) is 13.0. The quantitative estimate of drug-likeness (QED) is 0.459. The second-order valence-corrected chi connectivity index (χ2v) is 6.04. The van der Waals surface area contributed by atoms with Crippen molar-refractivity contribution < 1.29 is 0 Å². The molecule has 0 saturated heterocycles. The van der Waals surface area contributed by atoms with Gasteiger partial charge in [0.15, 0.2) is 7.85 Å². The first kappa shape index (κ1) is 15.2. The van der Waals surface area contributed by atoms with Crippen LogP contribution in [0.15, 0.2) is 6.07 Å². The average Bonchev–Trinajstić information content (AvgIpc) is 2.42. The van der Waals surface area contributed by atoms with E-state index in [4.69, 9.17) is 4.98 Å². The first-order valence-electron chi connectivity index (χ1n) is 7.27. The predicted octanol–water partition coefficient (Wildman–Crippen LogP) is -9.13. The van der Waals surface area contributed by atoms with Gasteiger partial charge in [-0.1, -0.05) is 33.5 Å². The van der Waals surface area contributed by atoms with Crippen LogP contribution in [0.5, 0.6) is 0 Å². The van der Waals surface area contributed by atoms with Gasteiger partial charge in [0.2, 0.25) is 0 Å². The molecule has 0 atom stereocenters. The number of aromatic nitrogens is 1. The maximum Gasteiger partial charge on any atom is 0.163 e. The predicted molar refractivity (Wildman–Crippen MR) is 112 cm³/mol. The Morgan fingerprint density at radius 3 is 1.95 bits per heavy atom. The fraction of sp³-hybridized carbons (Fsp3) is 0.0833. The van der Waals surface area contributed by atoms with Crippen molar-refractivity contribution in [3.63, 3.8) is 0 Å². The smallest absolute Gasteiger partial charge is 0.163 e. The van der Waals surface area contributed by atoms with Gasteiger partial charge in [0.1, 0.15) is 47.1 Å². The lowest BCUT2D eigenvalue weighted by atomic mass is 9.64. The van der Waals surface area contributed by atoms with Crippen molar-refractivity contribution in [1.82, 2.24) is 4.98 Å². The molecular formula is C12H18B7N. The van der Waals surface area contributed by atoms with Crippen LogP contribution in [0.4, 0.5) is 0 Å². The lowest BCUT2D eigenvalue weighted by Crippen LogP contribution is -2.49. The van der Waals surface area contributed by atoms with Crippen molar-refractivity contribution in [2.75, 3.05) is 0 Å². The number of pyridine rings is 1. The van der Waals surface area contributed by atoms with Gasteiger partial charge in [-0.15, -0.1) is 10.9 Å². The molecule has 0 saturated carbocycles. The van der Waals surface area contributed by atoms with Gasteiger partial charge >= 0.3 is 0 Å². The van der Waals surface area contributed by atoms with Crippen LogP contribution in [0, 0.1) is 6.92 Å². The third-order valence-corrected chi connectivity index (χ3v) is 5.04. The van der Waals surface area contributed by atoms with E-state index in [1.165, 1.54) is 43.9 Å². The number of benzene rings is 1. The Morgan fingerprint density at radius 2 is 1.35 bits per heavy atom. The molecule has 8 heteroatoms. The van der Waals surface area contributed by atoms with Crippen LogP contribution >= 0.6 is 0 Å². The molecule has 0 radical (unpaired) electrons. The minimum atomic E-state index is 1.14. The molecule has 1 heterocycles. The summed E-state index contributed by atoms with van der Waals surface area (Å²) in [4.78, 5) is 4.88. The highest BCUT2D eigenvalue weighted by molar-refractivity contribution is 6.63. The topological polar surface area (TPSA) is 12.9 Å². The van der Waals surface area contributed by atoms with Crippen LogP contribution in [0.1, 0.15) is 5.56 Å². The van der Waals surface area contributed by atoms with Gasteiger partial charge in [-0.3, -0.25) is 4.98 Å². The number of rotatable bonds is 1. The van der Waals surface area contributed by atoms with E-state index in [1.807, 2.05) is 0 Å². The Kier molecular flexibility index (Phi) is 4.04. The van der Waals surface area contributed by atoms with E-state index < -0.39 is 0 Å². The molecule has 0 aliphatic rings. The third-order valence-electron chi connectivity index (χ3n) is 5.04. The van der Waals surface area contributed by atoms with Crippen LogP contribution in [-0.2, 0) is 0 Å². The molecule has 0 aliphatic carbocycles. The zero-order chi connectivity index (χ0) is 15.2. The Balaban J connectivity index is 2.83. The second-order valence-electron chi connectivity index (χ2n) is 6.04. The Morgan fingerprint density at radius 1 is 0.750 bits per heavy atom. The first-order valence-corrected chi connectivity index (χ1v) is 7.27. The molecule has 20 heavy (non-hydrogen) atoms. The van der Waals surface area contributed by atoms with E-state index in [0.29, 0.717) is 0 Å². The summed E-state index contributed by atoms with van der Waals surface area (Å²) in [5, 5.41) is 0. The van der Waals surface area contributed by atoms with Crippen molar-refractivity contribution in [3.05, 3.63) is 11.6 Å². The van der Waals surface area contributed by atoms with Crippen molar-refractivity contribution >= 4 is 93.3 Å². The lowest BCUT2D eigenvalue weighted by Gasteiger charge is -2.19. The summed E-state index contributed by atoms with van der Waals surface area (Å²) in [6, 6.07) is 2.29. The summed E-state index contributed by atoms with van der Waals surface area (Å²) >= 11 is 0. The van der Waals surface area contributed by atoms with Crippen LogP contribution < -0.4 is 38.4 Å². The normalized spacial score (nSPS) is 10.7. The maximum absolute atomic E-state index is 4.88. The summed E-state index contributed by atoms with van der Waals surface area (Å²) in [6.45, 7) is 2.20. The highest BCUT2D eigenvalue weighted by atomic mass is 14.7. The van der Waals surface area contributed by atoms with Crippen LogP contribution in [0.3, 0.4) is 0 Å². The monoisotopic (exact) mass is 253 g/mol. The summed E-state index contributed by atoms with van der Waals surface area (Å²) in [7, 11) is 15.3. The largest absolute Gasteiger partial charge is 0.265 e. The summed E-state index contributed by atoms with van der Waals surface area (Å²) < 4.78 is 0. The van der Waals surface area contributed by atoms with Crippen molar-refractivity contribution in [1.29, 1.82) is 0 Å². The molecule has 0 aliphatic heterocycles. The van der Waals surface area contributed by atoms with E-state index in [-0.39, 0.29) is 0 Å². The molecule has 0 spiro atoms. The SMILES string of the molecule is Bc1cc(-c2nc(B)c(B)c(C)c2B)c(B)c(B)c1B. The Bertz CT molecular complexity index is 650. The van der Waals surface area contributed by atoms with E-state index in [1.54, 1.807) is 0 Å². The second kappa shape index (κ2) is 5.31. The minimum absolute atomic E-state index is 1.14. The number of hydrogen-bond donors (Lipinski definition) is 0. The van der Waals surface area contributed by atoms with Gasteiger partial charge in [0, 0.05) is 0 Å². The Labute approximate surface area is 128 Å². The highest BCUT2D eigenvalue weighted by Gasteiger charge is 2.14. The molecule has 0 N–H and O–H groups in total.